The molecule has 0 aromatic carbocycles. The molecule has 31 heavy (non-hydrogen) atoms. The van der Waals surface area contributed by atoms with E-state index >= 15 is 0 Å². The summed E-state index contributed by atoms with van der Waals surface area (Å²) in [6, 6.07) is 0. The van der Waals surface area contributed by atoms with Crippen LogP contribution in [0, 0.1) is 23.2 Å². The Balaban J connectivity index is 1.45. The Hall–Kier alpha value is -1.65. The molecule has 4 nitrogen and oxygen atoms in total. The molecule has 170 valence electrons. The molecule has 0 heterocycles. The van der Waals surface area contributed by atoms with Crippen molar-refractivity contribution in [2.45, 2.75) is 83.8 Å². The molecule has 4 aliphatic rings. The van der Waals surface area contributed by atoms with E-state index in [1.54, 1.807) is 0 Å². The molecule has 1 unspecified atom stereocenters. The molecule has 0 aromatic rings. The highest BCUT2D eigenvalue weighted by molar-refractivity contribution is 5.84. The van der Waals surface area contributed by atoms with Gasteiger partial charge in [-0.15, -0.1) is 0 Å². The van der Waals surface area contributed by atoms with Gasteiger partial charge in [0, 0.05) is 12.3 Å². The van der Waals surface area contributed by atoms with Crippen LogP contribution in [-0.2, 0) is 9.53 Å². The molecule has 0 radical (unpaired) electrons. The second kappa shape index (κ2) is 9.07. The number of ether oxygens (including phenoxy) is 1. The number of aliphatic hydroxyl groups is 2. The highest BCUT2D eigenvalue weighted by Crippen LogP contribution is 2.59. The zero-order valence-electron chi connectivity index (χ0n) is 19.1. The minimum atomic E-state index is -0.638. The van der Waals surface area contributed by atoms with Crippen molar-refractivity contribution in [3.05, 3.63) is 47.3 Å². The van der Waals surface area contributed by atoms with E-state index in [2.05, 4.69) is 32.6 Å². The molecule has 0 bridgehead atoms. The first-order valence-corrected chi connectivity index (χ1v) is 12.1. The summed E-state index contributed by atoms with van der Waals surface area (Å²) in [6.07, 6.45) is 13.9. The molecule has 4 aliphatic carbocycles. The summed E-state index contributed by atoms with van der Waals surface area (Å²) in [5.74, 6) is 1.53. The third kappa shape index (κ3) is 4.75. The molecule has 5 atom stereocenters. The van der Waals surface area contributed by atoms with Crippen LogP contribution in [0.4, 0.5) is 0 Å². The van der Waals surface area contributed by atoms with E-state index in [-0.39, 0.29) is 23.7 Å². The van der Waals surface area contributed by atoms with Gasteiger partial charge in [0.2, 0.25) is 0 Å². The minimum absolute atomic E-state index is 0.217. The zero-order chi connectivity index (χ0) is 22.2. The Labute approximate surface area is 186 Å². The minimum Gasteiger partial charge on any atom is -0.493 e. The van der Waals surface area contributed by atoms with Gasteiger partial charge >= 0.3 is 0 Å². The van der Waals surface area contributed by atoms with E-state index < -0.39 is 12.2 Å². The number of aliphatic hydroxyl groups excluding tert-OH is 2. The van der Waals surface area contributed by atoms with Gasteiger partial charge in [0.1, 0.15) is 6.61 Å². The molecule has 0 saturated heterocycles. The van der Waals surface area contributed by atoms with E-state index in [1.165, 1.54) is 30.4 Å². The van der Waals surface area contributed by atoms with Crippen LogP contribution in [0.15, 0.2) is 47.3 Å². The number of rotatable bonds is 6. The molecule has 4 saturated carbocycles. The number of Topliss-reactive ketones (excluding diaryl/α,β-unsaturated/α-hetero) is 1. The number of hydrogen-bond donors (Lipinski definition) is 2. The third-order valence-electron chi connectivity index (χ3n) is 8.31. The van der Waals surface area contributed by atoms with E-state index in [4.69, 9.17) is 4.74 Å². The third-order valence-corrected chi connectivity index (χ3v) is 8.31. The maximum Gasteiger partial charge on any atom is 0.173 e. The van der Waals surface area contributed by atoms with Gasteiger partial charge in [-0.05, 0) is 92.3 Å². The summed E-state index contributed by atoms with van der Waals surface area (Å²) in [4.78, 5) is 11.9. The van der Waals surface area contributed by atoms with Crippen LogP contribution in [0.3, 0.4) is 0 Å². The standard InChI is InChI=1S/C27H38O4/c1-17(15-31-16-26(30)20-7-8-20)23-10-11-24-19(5-4-12-27(23,24)3)6-9-21-13-22(28)14-25(29)18(21)2/h6,9,15,20,22-25,28-29H,2,4-5,7-8,10-14,16H2,1,3H3/t22-,23-,24?,25+,27-/m1/s1. The molecular formula is C27H38O4. The lowest BCUT2D eigenvalue weighted by Gasteiger charge is -2.42. The van der Waals surface area contributed by atoms with E-state index in [9.17, 15) is 15.0 Å². The van der Waals surface area contributed by atoms with Gasteiger partial charge in [0.15, 0.2) is 5.78 Å². The van der Waals surface area contributed by atoms with Gasteiger partial charge < -0.3 is 14.9 Å². The molecule has 0 aliphatic heterocycles. The Morgan fingerprint density at radius 1 is 1.23 bits per heavy atom. The number of ketones is 1. The zero-order valence-corrected chi connectivity index (χ0v) is 19.1. The lowest BCUT2D eigenvalue weighted by molar-refractivity contribution is -0.123. The molecule has 4 rings (SSSR count). The number of fused-ring (bicyclic) bond motifs is 1. The predicted molar refractivity (Wildman–Crippen MR) is 122 cm³/mol. The second-order valence-electron chi connectivity index (χ2n) is 10.5. The summed E-state index contributed by atoms with van der Waals surface area (Å²) in [6.45, 7) is 8.85. The van der Waals surface area contributed by atoms with Crippen LogP contribution in [0.25, 0.3) is 0 Å². The Morgan fingerprint density at radius 2 is 2.00 bits per heavy atom. The summed E-state index contributed by atoms with van der Waals surface area (Å²) in [5.41, 5.74) is 4.70. The maximum absolute atomic E-state index is 11.9. The highest BCUT2D eigenvalue weighted by atomic mass is 16.5. The number of carbonyl (C=O) groups excluding carboxylic acids is 1. The number of hydrogen-bond acceptors (Lipinski definition) is 4. The predicted octanol–water partition coefficient (Wildman–Crippen LogP) is 5.03. The second-order valence-corrected chi connectivity index (χ2v) is 10.5. The molecule has 4 fully saturated rings. The van der Waals surface area contributed by atoms with Gasteiger partial charge in [-0.25, -0.2) is 0 Å². The maximum atomic E-state index is 11.9. The fraction of sp³-hybridized carbons (Fsp3) is 0.667. The van der Waals surface area contributed by atoms with Gasteiger partial charge in [0.05, 0.1) is 18.5 Å². The number of carbonyl (C=O) groups is 1. The SMILES string of the molecule is C=C1C(=CC=C2CCC[C@@]3(C)C2CC[C@@H]3C(C)=COCC(=O)C2CC2)C[C@@H](O)C[C@@H]1O. The Morgan fingerprint density at radius 3 is 2.74 bits per heavy atom. The van der Waals surface area contributed by atoms with Crippen LogP contribution >= 0.6 is 0 Å². The van der Waals surface area contributed by atoms with Crippen molar-refractivity contribution in [3.8, 4) is 0 Å². The van der Waals surface area contributed by atoms with Crippen LogP contribution in [0.2, 0.25) is 0 Å². The van der Waals surface area contributed by atoms with Gasteiger partial charge in [-0.2, -0.15) is 0 Å². The lowest BCUT2D eigenvalue weighted by atomic mass is 9.62. The quantitative estimate of drug-likeness (QED) is 0.585. The lowest BCUT2D eigenvalue weighted by Crippen LogP contribution is -2.33. The van der Waals surface area contributed by atoms with Crippen molar-refractivity contribution < 1.29 is 19.7 Å². The molecule has 0 aromatic heterocycles. The Kier molecular flexibility index (Phi) is 6.60. The van der Waals surface area contributed by atoms with Crippen molar-refractivity contribution in [1.29, 1.82) is 0 Å². The fourth-order valence-corrected chi connectivity index (χ4v) is 6.31. The summed E-state index contributed by atoms with van der Waals surface area (Å²) < 4.78 is 5.69. The van der Waals surface area contributed by atoms with Gasteiger partial charge in [0.25, 0.3) is 0 Å². The van der Waals surface area contributed by atoms with Crippen molar-refractivity contribution in [2.75, 3.05) is 6.61 Å². The summed E-state index contributed by atoms with van der Waals surface area (Å²) in [7, 11) is 0. The fourth-order valence-electron chi connectivity index (χ4n) is 6.31. The van der Waals surface area contributed by atoms with Crippen molar-refractivity contribution in [1.82, 2.24) is 0 Å². The summed E-state index contributed by atoms with van der Waals surface area (Å²) in [5, 5.41) is 20.2. The van der Waals surface area contributed by atoms with E-state index in [0.717, 1.165) is 36.8 Å². The average molecular weight is 427 g/mol. The van der Waals surface area contributed by atoms with Crippen LogP contribution in [0.5, 0.6) is 0 Å². The van der Waals surface area contributed by atoms with Crippen LogP contribution in [-0.4, -0.2) is 34.8 Å². The van der Waals surface area contributed by atoms with Crippen molar-refractivity contribution in [3.63, 3.8) is 0 Å². The molecular weight excluding hydrogens is 388 g/mol. The molecule has 4 heteroatoms. The average Bonchev–Trinajstić information content (AvgIpc) is 3.51. The normalized spacial score (nSPS) is 39.1. The van der Waals surface area contributed by atoms with Gasteiger partial charge in [-0.3, -0.25) is 4.79 Å². The Bertz CT molecular complexity index is 815. The summed E-state index contributed by atoms with van der Waals surface area (Å²) >= 11 is 0. The largest absolute Gasteiger partial charge is 0.493 e. The van der Waals surface area contributed by atoms with Crippen LogP contribution in [0.1, 0.15) is 71.6 Å². The smallest absolute Gasteiger partial charge is 0.173 e. The first-order valence-electron chi connectivity index (χ1n) is 12.1. The first-order chi connectivity index (χ1) is 14.8. The van der Waals surface area contributed by atoms with Crippen LogP contribution < -0.4 is 0 Å². The highest BCUT2D eigenvalue weighted by Gasteiger charge is 2.49. The first kappa shape index (κ1) is 22.5. The molecule has 0 amide bonds. The molecule has 0 spiro atoms. The monoisotopic (exact) mass is 426 g/mol. The van der Waals surface area contributed by atoms with E-state index in [1.807, 2.05) is 6.26 Å². The number of allylic oxidation sites excluding steroid dienone is 4. The van der Waals surface area contributed by atoms with Gasteiger partial charge in [-0.1, -0.05) is 31.2 Å². The van der Waals surface area contributed by atoms with Crippen molar-refractivity contribution >= 4 is 5.78 Å². The van der Waals surface area contributed by atoms with E-state index in [0.29, 0.717) is 24.7 Å². The topological polar surface area (TPSA) is 66.8 Å². The molecule has 2 N–H and O–H groups in total. The van der Waals surface area contributed by atoms with Crippen molar-refractivity contribution in [2.24, 2.45) is 23.2 Å².